The summed E-state index contributed by atoms with van der Waals surface area (Å²) in [6.45, 7) is 4.36. The topological polar surface area (TPSA) is 69.0 Å². The van der Waals surface area contributed by atoms with Gasteiger partial charge in [0.05, 0.1) is 17.5 Å². The molecular weight excluding hydrogens is 300 g/mol. The summed E-state index contributed by atoms with van der Waals surface area (Å²) in [6, 6.07) is 5.76. The molecule has 2 aromatic heterocycles. The number of nitrogens with zero attached hydrogens (tertiary/aromatic N) is 3. The number of aryl methyl sites for hydroxylation is 2. The molecule has 0 unspecified atom stereocenters. The van der Waals surface area contributed by atoms with E-state index in [4.69, 9.17) is 4.74 Å². The van der Waals surface area contributed by atoms with E-state index in [0.717, 1.165) is 21.5 Å². The number of hydrogen-bond donors (Lipinski definition) is 1. The second-order valence-electron chi connectivity index (χ2n) is 4.81. The molecule has 114 valence electrons. The van der Waals surface area contributed by atoms with Gasteiger partial charge in [-0.05, 0) is 31.5 Å². The summed E-state index contributed by atoms with van der Waals surface area (Å²) in [5.41, 5.74) is 2.13. The van der Waals surface area contributed by atoms with Gasteiger partial charge in [0.1, 0.15) is 17.0 Å². The summed E-state index contributed by atoms with van der Waals surface area (Å²) >= 11 is 1.42. The molecule has 0 fully saturated rings. The van der Waals surface area contributed by atoms with Crippen LogP contribution in [0.3, 0.4) is 0 Å². The lowest BCUT2D eigenvalue weighted by atomic mass is 10.2. The molecule has 2 heterocycles. The minimum atomic E-state index is -0.213. The van der Waals surface area contributed by atoms with Crippen LogP contribution in [0.25, 0.3) is 10.2 Å². The Bertz CT molecular complexity index is 818. The molecule has 0 aliphatic carbocycles. The molecule has 1 aromatic carbocycles. The summed E-state index contributed by atoms with van der Waals surface area (Å²) in [4.78, 5) is 16.8. The van der Waals surface area contributed by atoms with E-state index in [1.807, 2.05) is 32.0 Å². The molecule has 6 nitrogen and oxygen atoms in total. The number of aromatic nitrogens is 3. The van der Waals surface area contributed by atoms with Crippen molar-refractivity contribution in [3.63, 3.8) is 0 Å². The van der Waals surface area contributed by atoms with Gasteiger partial charge in [-0.1, -0.05) is 17.4 Å². The van der Waals surface area contributed by atoms with Crippen LogP contribution in [0.15, 0.2) is 24.4 Å². The number of nitrogens with one attached hydrogen (secondary N) is 1. The molecule has 22 heavy (non-hydrogen) atoms. The van der Waals surface area contributed by atoms with Crippen molar-refractivity contribution in [3.8, 4) is 5.75 Å². The van der Waals surface area contributed by atoms with Crippen molar-refractivity contribution in [2.24, 2.45) is 7.05 Å². The molecule has 1 amide bonds. The van der Waals surface area contributed by atoms with Gasteiger partial charge in [0.2, 0.25) is 0 Å². The fourth-order valence-electron chi connectivity index (χ4n) is 2.28. The molecule has 0 saturated carbocycles. The van der Waals surface area contributed by atoms with Crippen molar-refractivity contribution in [2.75, 3.05) is 11.9 Å². The number of rotatable bonds is 4. The van der Waals surface area contributed by atoms with Gasteiger partial charge < -0.3 is 4.74 Å². The highest BCUT2D eigenvalue weighted by Gasteiger charge is 2.17. The maximum absolute atomic E-state index is 12.4. The zero-order chi connectivity index (χ0) is 15.7. The van der Waals surface area contributed by atoms with Crippen LogP contribution in [0.1, 0.15) is 23.0 Å². The minimum Gasteiger partial charge on any atom is -0.492 e. The van der Waals surface area contributed by atoms with E-state index in [9.17, 15) is 4.79 Å². The Kier molecular flexibility index (Phi) is 3.81. The first-order valence-electron chi connectivity index (χ1n) is 6.92. The smallest absolute Gasteiger partial charge is 0.275 e. The van der Waals surface area contributed by atoms with Crippen LogP contribution in [-0.4, -0.2) is 27.3 Å². The minimum absolute atomic E-state index is 0.213. The Morgan fingerprint density at radius 1 is 1.45 bits per heavy atom. The lowest BCUT2D eigenvalue weighted by Crippen LogP contribution is -2.17. The number of anilines is 1. The largest absolute Gasteiger partial charge is 0.492 e. The molecular formula is C15H16N4O2S. The first-order chi connectivity index (χ1) is 10.6. The van der Waals surface area contributed by atoms with Gasteiger partial charge in [-0.25, -0.2) is 4.98 Å². The van der Waals surface area contributed by atoms with E-state index in [-0.39, 0.29) is 5.91 Å². The maximum Gasteiger partial charge on any atom is 0.275 e. The number of fused-ring (bicyclic) bond motifs is 1. The van der Waals surface area contributed by atoms with E-state index >= 15 is 0 Å². The monoisotopic (exact) mass is 316 g/mol. The third kappa shape index (κ3) is 2.55. The van der Waals surface area contributed by atoms with Crippen LogP contribution in [-0.2, 0) is 7.05 Å². The molecule has 0 bridgehead atoms. The van der Waals surface area contributed by atoms with Crippen molar-refractivity contribution in [2.45, 2.75) is 13.8 Å². The molecule has 0 spiro atoms. The van der Waals surface area contributed by atoms with E-state index in [2.05, 4.69) is 15.4 Å². The van der Waals surface area contributed by atoms with Gasteiger partial charge >= 0.3 is 0 Å². The standard InChI is InChI=1S/C15H16N4O2S/c1-4-21-10-6-5-7-11-12(10)17-15(22-11)18-14(20)13-9(2)8-16-19(13)3/h5-8H,4H2,1-3H3,(H,17,18,20). The number of para-hydroxylation sites is 1. The summed E-state index contributed by atoms with van der Waals surface area (Å²) < 4.78 is 8.10. The second kappa shape index (κ2) is 5.76. The van der Waals surface area contributed by atoms with Crippen molar-refractivity contribution in [3.05, 3.63) is 35.7 Å². The predicted octanol–water partition coefficient (Wildman–Crippen LogP) is 2.99. The molecule has 1 N–H and O–H groups in total. The van der Waals surface area contributed by atoms with Crippen LogP contribution >= 0.6 is 11.3 Å². The normalized spacial score (nSPS) is 10.9. The number of hydrogen-bond acceptors (Lipinski definition) is 5. The molecule has 3 aromatic rings. The summed E-state index contributed by atoms with van der Waals surface area (Å²) in [5.74, 6) is 0.517. The molecule has 3 rings (SSSR count). The number of ether oxygens (including phenoxy) is 1. The Morgan fingerprint density at radius 3 is 2.95 bits per heavy atom. The van der Waals surface area contributed by atoms with E-state index < -0.39 is 0 Å². The maximum atomic E-state index is 12.4. The van der Waals surface area contributed by atoms with Crippen LogP contribution in [0.2, 0.25) is 0 Å². The summed E-state index contributed by atoms with van der Waals surface area (Å²) in [5, 5.41) is 7.46. The first-order valence-corrected chi connectivity index (χ1v) is 7.74. The number of amides is 1. The summed E-state index contributed by atoms with van der Waals surface area (Å²) in [6.07, 6.45) is 1.67. The van der Waals surface area contributed by atoms with Crippen molar-refractivity contribution >= 4 is 32.6 Å². The molecule has 0 saturated heterocycles. The zero-order valence-corrected chi connectivity index (χ0v) is 13.4. The van der Waals surface area contributed by atoms with Gasteiger partial charge in [0, 0.05) is 7.05 Å². The third-order valence-electron chi connectivity index (χ3n) is 3.24. The van der Waals surface area contributed by atoms with Gasteiger partial charge in [-0.3, -0.25) is 14.8 Å². The van der Waals surface area contributed by atoms with E-state index in [1.54, 1.807) is 17.9 Å². The second-order valence-corrected chi connectivity index (χ2v) is 5.84. The van der Waals surface area contributed by atoms with Crippen LogP contribution in [0.5, 0.6) is 5.75 Å². The van der Waals surface area contributed by atoms with Crippen molar-refractivity contribution in [1.82, 2.24) is 14.8 Å². The number of carbonyl (C=O) groups is 1. The fraction of sp³-hybridized carbons (Fsp3) is 0.267. The fourth-order valence-corrected chi connectivity index (χ4v) is 3.16. The SMILES string of the molecule is CCOc1cccc2sc(NC(=O)c3c(C)cnn3C)nc12. The molecule has 0 radical (unpaired) electrons. The Labute approximate surface area is 131 Å². The van der Waals surface area contributed by atoms with Crippen LogP contribution < -0.4 is 10.1 Å². The highest BCUT2D eigenvalue weighted by Crippen LogP contribution is 2.32. The van der Waals surface area contributed by atoms with E-state index in [1.165, 1.54) is 11.3 Å². The Morgan fingerprint density at radius 2 is 2.27 bits per heavy atom. The van der Waals surface area contributed by atoms with Gasteiger partial charge in [0.15, 0.2) is 5.13 Å². The number of benzene rings is 1. The first kappa shape index (κ1) is 14.5. The predicted molar refractivity (Wildman–Crippen MR) is 86.7 cm³/mol. The molecule has 0 aliphatic heterocycles. The van der Waals surface area contributed by atoms with Gasteiger partial charge in [0.25, 0.3) is 5.91 Å². The van der Waals surface area contributed by atoms with Crippen molar-refractivity contribution in [1.29, 1.82) is 0 Å². The Balaban J connectivity index is 1.91. The Hall–Kier alpha value is -2.41. The summed E-state index contributed by atoms with van der Waals surface area (Å²) in [7, 11) is 1.74. The number of thiazole rings is 1. The average Bonchev–Trinajstić information content (AvgIpc) is 3.03. The zero-order valence-electron chi connectivity index (χ0n) is 12.6. The van der Waals surface area contributed by atoms with Crippen LogP contribution in [0.4, 0.5) is 5.13 Å². The van der Waals surface area contributed by atoms with Gasteiger partial charge in [-0.2, -0.15) is 5.10 Å². The molecule has 7 heteroatoms. The number of carbonyl (C=O) groups excluding carboxylic acids is 1. The quantitative estimate of drug-likeness (QED) is 0.803. The highest BCUT2D eigenvalue weighted by atomic mass is 32.1. The highest BCUT2D eigenvalue weighted by molar-refractivity contribution is 7.22. The lowest BCUT2D eigenvalue weighted by Gasteiger charge is -2.03. The van der Waals surface area contributed by atoms with Gasteiger partial charge in [-0.15, -0.1) is 0 Å². The molecule has 0 atom stereocenters. The van der Waals surface area contributed by atoms with E-state index in [0.29, 0.717) is 17.4 Å². The van der Waals surface area contributed by atoms with Crippen molar-refractivity contribution < 1.29 is 9.53 Å². The third-order valence-corrected chi connectivity index (χ3v) is 4.18. The van der Waals surface area contributed by atoms with Crippen LogP contribution in [0, 0.1) is 6.92 Å². The molecule has 0 aliphatic rings. The lowest BCUT2D eigenvalue weighted by molar-refractivity contribution is 0.101. The average molecular weight is 316 g/mol.